The first kappa shape index (κ1) is 17.7. The van der Waals surface area contributed by atoms with Gasteiger partial charge in [-0.1, -0.05) is 36.9 Å². The molecule has 0 aromatic heterocycles. The Balaban J connectivity index is 3.40. The van der Waals surface area contributed by atoms with Gasteiger partial charge in [-0.05, 0) is 32.4 Å². The van der Waals surface area contributed by atoms with Gasteiger partial charge in [0.15, 0.2) is 5.92 Å². The van der Waals surface area contributed by atoms with Gasteiger partial charge in [-0.25, -0.2) is 0 Å². The molecule has 0 bridgehead atoms. The summed E-state index contributed by atoms with van der Waals surface area (Å²) in [5.41, 5.74) is 2.54. The highest BCUT2D eigenvalue weighted by molar-refractivity contribution is 5.97. The Morgan fingerprint density at radius 1 is 1.18 bits per heavy atom. The van der Waals surface area contributed by atoms with E-state index in [4.69, 9.17) is 9.47 Å². The van der Waals surface area contributed by atoms with Crippen molar-refractivity contribution in [1.29, 1.82) is 0 Å². The SMILES string of the molecule is C=C=CC(C)(c1ccccc1)C(C(=O)OCC)C(=O)OCC. The summed E-state index contributed by atoms with van der Waals surface area (Å²) < 4.78 is 10.2. The maximum Gasteiger partial charge on any atom is 0.321 e. The number of allylic oxidation sites excluding steroid dienone is 1. The summed E-state index contributed by atoms with van der Waals surface area (Å²) in [5, 5.41) is 0. The van der Waals surface area contributed by atoms with E-state index in [1.54, 1.807) is 26.8 Å². The van der Waals surface area contributed by atoms with Crippen LogP contribution < -0.4 is 0 Å². The normalized spacial score (nSPS) is 12.9. The summed E-state index contributed by atoms with van der Waals surface area (Å²) >= 11 is 0. The minimum absolute atomic E-state index is 0.192. The van der Waals surface area contributed by atoms with Crippen molar-refractivity contribution in [3.05, 3.63) is 54.3 Å². The largest absolute Gasteiger partial charge is 0.465 e. The molecule has 4 nitrogen and oxygen atoms in total. The van der Waals surface area contributed by atoms with Crippen molar-refractivity contribution < 1.29 is 19.1 Å². The number of carbonyl (C=O) groups is 2. The quantitative estimate of drug-likeness (QED) is 0.441. The maximum absolute atomic E-state index is 12.4. The molecule has 1 rings (SSSR count). The maximum atomic E-state index is 12.4. The van der Waals surface area contributed by atoms with Crippen LogP contribution in [-0.2, 0) is 24.5 Å². The molecule has 0 aliphatic heterocycles. The lowest BCUT2D eigenvalue weighted by Gasteiger charge is -2.32. The molecular weight excluding hydrogens is 280 g/mol. The zero-order valence-corrected chi connectivity index (χ0v) is 13.3. The summed E-state index contributed by atoms with van der Waals surface area (Å²) in [6, 6.07) is 9.25. The molecule has 0 radical (unpaired) electrons. The second kappa shape index (κ2) is 8.20. The predicted molar refractivity (Wildman–Crippen MR) is 84.3 cm³/mol. The van der Waals surface area contributed by atoms with E-state index in [1.165, 1.54) is 0 Å². The average Bonchev–Trinajstić information content (AvgIpc) is 2.49. The summed E-state index contributed by atoms with van der Waals surface area (Å²) in [5.74, 6) is -2.33. The average molecular weight is 302 g/mol. The molecule has 0 spiro atoms. The first-order valence-electron chi connectivity index (χ1n) is 7.27. The molecule has 1 atom stereocenters. The van der Waals surface area contributed by atoms with Crippen LogP contribution in [0.15, 0.2) is 48.7 Å². The van der Waals surface area contributed by atoms with Crippen LogP contribution in [0.3, 0.4) is 0 Å². The lowest BCUT2D eigenvalue weighted by Crippen LogP contribution is -2.43. The van der Waals surface area contributed by atoms with Gasteiger partial charge in [0.05, 0.1) is 13.2 Å². The van der Waals surface area contributed by atoms with Crippen molar-refractivity contribution in [3.8, 4) is 0 Å². The molecule has 1 aromatic rings. The second-order valence-electron chi connectivity index (χ2n) is 4.93. The summed E-state index contributed by atoms with van der Waals surface area (Å²) in [6.45, 7) is 9.14. The lowest BCUT2D eigenvalue weighted by atomic mass is 9.71. The van der Waals surface area contributed by atoms with Crippen molar-refractivity contribution in [2.24, 2.45) is 5.92 Å². The van der Waals surface area contributed by atoms with E-state index in [-0.39, 0.29) is 13.2 Å². The smallest absolute Gasteiger partial charge is 0.321 e. The Morgan fingerprint density at radius 2 is 1.68 bits per heavy atom. The van der Waals surface area contributed by atoms with Crippen molar-refractivity contribution in [2.75, 3.05) is 13.2 Å². The number of esters is 2. The third-order valence-corrected chi connectivity index (χ3v) is 3.44. The zero-order valence-electron chi connectivity index (χ0n) is 13.3. The Labute approximate surface area is 131 Å². The number of ether oxygens (including phenoxy) is 2. The molecule has 0 saturated carbocycles. The molecule has 118 valence electrons. The lowest BCUT2D eigenvalue weighted by molar-refractivity contribution is -0.164. The van der Waals surface area contributed by atoms with Gasteiger partial charge in [-0.2, -0.15) is 0 Å². The van der Waals surface area contributed by atoms with Crippen LogP contribution in [0, 0.1) is 5.92 Å². The van der Waals surface area contributed by atoms with Crippen LogP contribution in [0.4, 0.5) is 0 Å². The molecule has 1 unspecified atom stereocenters. The number of hydrogen-bond donors (Lipinski definition) is 0. The van der Waals surface area contributed by atoms with Crippen LogP contribution in [-0.4, -0.2) is 25.2 Å². The topological polar surface area (TPSA) is 52.6 Å². The van der Waals surface area contributed by atoms with Crippen LogP contribution in [0.2, 0.25) is 0 Å². The fraction of sp³-hybridized carbons (Fsp3) is 0.389. The molecule has 0 N–H and O–H groups in total. The van der Waals surface area contributed by atoms with Crippen LogP contribution >= 0.6 is 0 Å². The predicted octanol–water partition coefficient (Wildman–Crippen LogP) is 3.03. The second-order valence-corrected chi connectivity index (χ2v) is 4.93. The van der Waals surface area contributed by atoms with E-state index < -0.39 is 23.3 Å². The van der Waals surface area contributed by atoms with Crippen molar-refractivity contribution in [2.45, 2.75) is 26.2 Å². The highest BCUT2D eigenvalue weighted by Gasteiger charge is 2.46. The van der Waals surface area contributed by atoms with Crippen molar-refractivity contribution >= 4 is 11.9 Å². The molecule has 0 saturated heterocycles. The van der Waals surface area contributed by atoms with E-state index in [1.807, 2.05) is 30.3 Å². The Morgan fingerprint density at radius 3 is 2.09 bits per heavy atom. The van der Waals surface area contributed by atoms with E-state index in [0.29, 0.717) is 0 Å². The number of carbonyl (C=O) groups excluding carboxylic acids is 2. The Kier molecular flexibility index (Phi) is 6.61. The Bertz CT molecular complexity index is 540. The minimum atomic E-state index is -1.11. The van der Waals surface area contributed by atoms with Gasteiger partial charge in [0.25, 0.3) is 0 Å². The van der Waals surface area contributed by atoms with Crippen LogP contribution in [0.25, 0.3) is 0 Å². The molecule has 4 heteroatoms. The van der Waals surface area contributed by atoms with E-state index in [0.717, 1.165) is 5.56 Å². The molecule has 0 aliphatic carbocycles. The fourth-order valence-corrected chi connectivity index (χ4v) is 2.38. The molecule has 0 fully saturated rings. The zero-order chi connectivity index (χ0) is 16.6. The third-order valence-electron chi connectivity index (χ3n) is 3.44. The molecule has 0 amide bonds. The van der Waals surface area contributed by atoms with E-state index in [9.17, 15) is 9.59 Å². The van der Waals surface area contributed by atoms with Gasteiger partial charge in [0.1, 0.15) is 0 Å². The first-order valence-corrected chi connectivity index (χ1v) is 7.27. The van der Waals surface area contributed by atoms with E-state index in [2.05, 4.69) is 12.3 Å². The Hall–Kier alpha value is -2.32. The first-order chi connectivity index (χ1) is 10.5. The third kappa shape index (κ3) is 3.86. The monoisotopic (exact) mass is 302 g/mol. The van der Waals surface area contributed by atoms with Gasteiger partial charge in [0.2, 0.25) is 0 Å². The summed E-state index contributed by atoms with van der Waals surface area (Å²) in [4.78, 5) is 24.7. The highest BCUT2D eigenvalue weighted by Crippen LogP contribution is 2.35. The molecule has 22 heavy (non-hydrogen) atoms. The van der Waals surface area contributed by atoms with Crippen LogP contribution in [0.5, 0.6) is 0 Å². The van der Waals surface area contributed by atoms with E-state index >= 15 is 0 Å². The molecule has 1 aromatic carbocycles. The standard InChI is InChI=1S/C18H22O4/c1-5-13-18(4,14-11-9-8-10-12-14)15(16(19)21-6-2)17(20)22-7-3/h8-13,15H,1,6-7H2,2-4H3. The summed E-state index contributed by atoms with van der Waals surface area (Å²) in [6.07, 6.45) is 1.61. The molecule has 0 aliphatic rings. The fourth-order valence-electron chi connectivity index (χ4n) is 2.38. The number of benzene rings is 1. The van der Waals surface area contributed by atoms with Gasteiger partial charge >= 0.3 is 11.9 Å². The van der Waals surface area contributed by atoms with Gasteiger partial charge in [0, 0.05) is 5.41 Å². The summed E-state index contributed by atoms with van der Waals surface area (Å²) in [7, 11) is 0. The van der Waals surface area contributed by atoms with Gasteiger partial charge in [-0.15, -0.1) is 5.73 Å². The van der Waals surface area contributed by atoms with Gasteiger partial charge < -0.3 is 9.47 Å². The van der Waals surface area contributed by atoms with Crippen LogP contribution in [0.1, 0.15) is 26.3 Å². The molecule has 0 heterocycles. The number of rotatable bonds is 7. The molecular formula is C18H22O4. The minimum Gasteiger partial charge on any atom is -0.465 e. The van der Waals surface area contributed by atoms with Crippen molar-refractivity contribution in [1.82, 2.24) is 0 Å². The number of hydrogen-bond acceptors (Lipinski definition) is 4. The van der Waals surface area contributed by atoms with Gasteiger partial charge in [-0.3, -0.25) is 9.59 Å². The van der Waals surface area contributed by atoms with Crippen molar-refractivity contribution in [3.63, 3.8) is 0 Å². The highest BCUT2D eigenvalue weighted by atomic mass is 16.6.